The number of esters is 2. The van der Waals surface area contributed by atoms with Crippen molar-refractivity contribution in [2.75, 3.05) is 78.9 Å². The largest absolute Gasteiger partial charge is 0.612 e. The van der Waals surface area contributed by atoms with Gasteiger partial charge in [0.05, 0.1) is 32.1 Å². The molecule has 1 aliphatic carbocycles. The monoisotopic (exact) mass is 1200 g/mol. The van der Waals surface area contributed by atoms with E-state index in [1.165, 1.54) is 12.1 Å². The number of carboxylic acid groups (broad SMARTS) is 1. The molecule has 2 heterocycles. The summed E-state index contributed by atoms with van der Waals surface area (Å²) in [5.41, 5.74) is 7.73. The maximum atomic E-state index is 13.7. The van der Waals surface area contributed by atoms with Gasteiger partial charge in [0.15, 0.2) is 4.90 Å². The fourth-order valence-electron chi connectivity index (χ4n) is 10.6. The van der Waals surface area contributed by atoms with Crippen LogP contribution in [-0.2, 0) is 46.2 Å². The van der Waals surface area contributed by atoms with Crippen molar-refractivity contribution in [1.82, 2.24) is 24.6 Å². The van der Waals surface area contributed by atoms with Gasteiger partial charge in [-0.15, -0.1) is 0 Å². The van der Waals surface area contributed by atoms with Gasteiger partial charge in [-0.2, -0.15) is 0 Å². The molecule has 6 aromatic rings. The Kier molecular flexibility index (Phi) is 24.1. The molecular formula is C66H75ClFN5O11S. The molecule has 450 valence electrons. The smallest absolute Gasteiger partial charge is 0.310 e. The predicted molar refractivity (Wildman–Crippen MR) is 330 cm³/mol. The van der Waals surface area contributed by atoms with Gasteiger partial charge in [-0.05, 0) is 187 Å². The van der Waals surface area contributed by atoms with Crippen molar-refractivity contribution in [2.45, 2.75) is 83.6 Å². The normalized spacial score (nSPS) is 14.5. The second-order valence-corrected chi connectivity index (χ2v) is 22.8. The number of carbonyl (C=O) groups is 6. The Bertz CT molecular complexity index is 3370. The highest BCUT2D eigenvalue weighted by molar-refractivity contribution is 7.90. The molecule has 1 saturated heterocycles. The van der Waals surface area contributed by atoms with E-state index in [2.05, 4.69) is 15.1 Å². The lowest BCUT2D eigenvalue weighted by atomic mass is 10.0. The Morgan fingerprint density at radius 3 is 2.08 bits per heavy atom. The van der Waals surface area contributed by atoms with Crippen LogP contribution in [0.4, 0.5) is 4.39 Å². The van der Waals surface area contributed by atoms with E-state index >= 15 is 0 Å². The quantitative estimate of drug-likeness (QED) is 0.0312. The Morgan fingerprint density at radius 2 is 1.45 bits per heavy atom. The number of aliphatic carboxylic acids is 1. The maximum absolute atomic E-state index is 13.7. The van der Waals surface area contributed by atoms with Crippen LogP contribution in [-0.4, -0.2) is 150 Å². The average Bonchev–Trinajstić information content (AvgIpc) is 4.14. The van der Waals surface area contributed by atoms with Gasteiger partial charge in [0.2, 0.25) is 5.91 Å². The summed E-state index contributed by atoms with van der Waals surface area (Å²) in [4.78, 5) is 84.2. The van der Waals surface area contributed by atoms with Crippen LogP contribution in [0.1, 0.15) is 108 Å². The van der Waals surface area contributed by atoms with Gasteiger partial charge in [-0.25, -0.2) is 4.39 Å². The van der Waals surface area contributed by atoms with Gasteiger partial charge in [0, 0.05) is 86.0 Å². The summed E-state index contributed by atoms with van der Waals surface area (Å²) in [5, 5.41) is 13.3. The number of hydrogen-bond donors (Lipinski definition) is 2. The Balaban J connectivity index is 0.000000342. The van der Waals surface area contributed by atoms with Gasteiger partial charge < -0.3 is 39.0 Å². The van der Waals surface area contributed by atoms with E-state index < -0.39 is 29.2 Å². The number of hydrogen-bond acceptors (Lipinski definition) is 12. The zero-order chi connectivity index (χ0) is 61.2. The molecule has 0 radical (unpaired) electrons. The third-order valence-corrected chi connectivity index (χ3v) is 16.2. The van der Waals surface area contributed by atoms with E-state index in [0.29, 0.717) is 75.9 Å². The number of amides is 2. The zero-order valence-corrected chi connectivity index (χ0v) is 50.7. The van der Waals surface area contributed by atoms with Crippen LogP contribution in [0, 0.1) is 12.7 Å². The minimum Gasteiger partial charge on any atom is -0.612 e. The van der Waals surface area contributed by atoms with Crippen LogP contribution in [0.5, 0.6) is 5.75 Å². The molecule has 2 amide bonds. The molecule has 0 spiro atoms. The summed E-state index contributed by atoms with van der Waals surface area (Å²) in [7, 11) is 1.58. The van der Waals surface area contributed by atoms with Crippen molar-refractivity contribution >= 4 is 86.5 Å². The molecule has 5 aromatic carbocycles. The first-order chi connectivity index (χ1) is 40.9. The standard InChI is InChI=1S/C46H58ClN5O8.C20H17FO3S/c1-5-21-51(22-6-2)46(57)40(48-44(55)34-11-8-7-9-12-34)18-20-42(53)59-29-10-23-49-24-26-50(27-25-49)28-30-60-43(54)32-38-33(3)52(41-19-17-37(58-4)31-39(38)41)45(56)35-13-15-36(47)16-14-35;1-12-17(9-13-3-6-15(7-4-13)25(2)24)16-8-5-14(21)10-19(16)18(12)11-20(22)23/h7-9,11-17,19,31,40H,5-6,10,18,20-30,32H2,1-4H3,(H,48,55);3-10H,11H2,1-2H3,(H,22,23)/b;17-9-. The van der Waals surface area contributed by atoms with Crippen molar-refractivity contribution < 1.29 is 57.0 Å². The maximum Gasteiger partial charge on any atom is 0.310 e. The topological polar surface area (TPSA) is 200 Å². The Hall–Kier alpha value is -7.61. The van der Waals surface area contributed by atoms with Crippen molar-refractivity contribution in [3.05, 3.63) is 171 Å². The highest BCUT2D eigenvalue weighted by Crippen LogP contribution is 2.44. The van der Waals surface area contributed by atoms with Crippen LogP contribution < -0.4 is 10.1 Å². The molecule has 2 aliphatic rings. The lowest BCUT2D eigenvalue weighted by Crippen LogP contribution is -2.49. The summed E-state index contributed by atoms with van der Waals surface area (Å²) in [5.74, 6) is -2.24. The molecular weight excluding hydrogens is 1130 g/mol. The first-order valence-corrected chi connectivity index (χ1v) is 30.6. The number of benzene rings is 5. The van der Waals surface area contributed by atoms with Gasteiger partial charge >= 0.3 is 17.9 Å². The summed E-state index contributed by atoms with van der Waals surface area (Å²) in [6.45, 7) is 14.0. The fraction of sp³-hybridized carbons (Fsp3) is 0.364. The molecule has 2 unspecified atom stereocenters. The highest BCUT2D eigenvalue weighted by Gasteiger charge is 2.29. The molecule has 1 aromatic heterocycles. The summed E-state index contributed by atoms with van der Waals surface area (Å²) in [6.07, 6.45) is 5.87. The van der Waals surface area contributed by atoms with E-state index in [0.717, 1.165) is 78.1 Å². The average molecular weight is 1200 g/mol. The number of fused-ring (bicyclic) bond motifs is 2. The van der Waals surface area contributed by atoms with Crippen LogP contribution in [0.2, 0.25) is 5.02 Å². The van der Waals surface area contributed by atoms with Gasteiger partial charge in [-0.3, -0.25) is 38.2 Å². The van der Waals surface area contributed by atoms with Crippen LogP contribution in [0.3, 0.4) is 0 Å². The first-order valence-electron chi connectivity index (χ1n) is 28.7. The predicted octanol–water partition coefficient (Wildman–Crippen LogP) is 10.5. The number of ether oxygens (including phenoxy) is 3. The number of allylic oxidation sites excluding steroid dienone is 2. The van der Waals surface area contributed by atoms with Crippen molar-refractivity contribution in [3.8, 4) is 5.75 Å². The number of halogens is 2. The Labute approximate surface area is 504 Å². The number of piperazine rings is 1. The molecule has 1 aliphatic heterocycles. The third kappa shape index (κ3) is 17.7. The van der Waals surface area contributed by atoms with Crippen LogP contribution in [0.15, 0.2) is 126 Å². The van der Waals surface area contributed by atoms with Gasteiger partial charge in [0.25, 0.3) is 11.8 Å². The summed E-state index contributed by atoms with van der Waals surface area (Å²) < 4.78 is 43.5. The lowest BCUT2D eigenvalue weighted by molar-refractivity contribution is -0.144. The molecule has 2 atom stereocenters. The molecule has 0 saturated carbocycles. The molecule has 8 rings (SSSR count). The van der Waals surface area contributed by atoms with Gasteiger partial charge in [-0.1, -0.05) is 49.7 Å². The number of nitrogens with zero attached hydrogens (tertiary/aromatic N) is 4. The lowest BCUT2D eigenvalue weighted by Gasteiger charge is -2.34. The Morgan fingerprint density at radius 1 is 0.788 bits per heavy atom. The van der Waals surface area contributed by atoms with Crippen molar-refractivity contribution in [2.24, 2.45) is 0 Å². The number of carboxylic acids is 1. The minimum atomic E-state index is -1.04. The summed E-state index contributed by atoms with van der Waals surface area (Å²) >= 11 is 5.02. The molecule has 85 heavy (non-hydrogen) atoms. The van der Waals surface area contributed by atoms with Crippen molar-refractivity contribution in [3.63, 3.8) is 0 Å². The van der Waals surface area contributed by atoms with E-state index in [-0.39, 0.29) is 68.4 Å². The highest BCUT2D eigenvalue weighted by atomic mass is 35.5. The number of rotatable bonds is 25. The molecule has 16 nitrogen and oxygen atoms in total. The molecule has 1 fully saturated rings. The molecule has 19 heteroatoms. The SMILES string of the molecule is CC1=C(CC(=O)O)c2cc(F)ccc2/C1=C\c1ccc([S+](C)[O-])cc1.CCCN(CCC)C(=O)C(CCC(=O)OCCCN1CCN(CCOC(=O)Cc2c(C)n(C(=O)c3ccc(Cl)cc3)c3ccc(OC)cc23)CC1)NC(=O)c1ccccc1. The number of nitrogens with one attached hydrogen (secondary N) is 1. The fourth-order valence-corrected chi connectivity index (χ4v) is 11.2. The van der Waals surface area contributed by atoms with E-state index in [9.17, 15) is 37.7 Å². The van der Waals surface area contributed by atoms with E-state index in [4.69, 9.17) is 30.9 Å². The van der Waals surface area contributed by atoms with Crippen LogP contribution in [0.25, 0.3) is 28.1 Å². The minimum absolute atomic E-state index is 0.00873. The number of carbonyl (C=O) groups excluding carboxylic acids is 5. The van der Waals surface area contributed by atoms with Gasteiger partial charge in [0.1, 0.15) is 30.5 Å². The first kappa shape index (κ1) is 64.9. The van der Waals surface area contributed by atoms with E-state index in [1.807, 2.05) is 64.1 Å². The second-order valence-electron chi connectivity index (χ2n) is 21.0. The molecule has 0 bridgehead atoms. The third-order valence-electron chi connectivity index (χ3n) is 15.1. The van der Waals surface area contributed by atoms with Crippen LogP contribution >= 0.6 is 11.6 Å². The number of methoxy groups -OCH3 is 1. The number of aromatic nitrogens is 1. The zero-order valence-electron chi connectivity index (χ0n) is 49.1. The second kappa shape index (κ2) is 31.5. The van der Waals surface area contributed by atoms with E-state index in [1.54, 1.807) is 95.6 Å². The van der Waals surface area contributed by atoms with Crippen molar-refractivity contribution in [1.29, 1.82) is 0 Å². The summed E-state index contributed by atoms with van der Waals surface area (Å²) in [6, 6.07) is 31.9. The molecule has 2 N–H and O–H groups in total.